The predicted octanol–water partition coefficient (Wildman–Crippen LogP) is 10.3. The van der Waals surface area contributed by atoms with E-state index >= 15 is 0 Å². The smallest absolute Gasteiger partial charge is 0.00489 e. The Kier molecular flexibility index (Phi) is 28.9. The van der Waals surface area contributed by atoms with Gasteiger partial charge in [-0.1, -0.05) is 134 Å². The Morgan fingerprint density at radius 1 is 0.387 bits per heavy atom. The minimum absolute atomic E-state index is 1.12. The molecule has 0 atom stereocenters. The van der Waals surface area contributed by atoms with Gasteiger partial charge in [-0.15, -0.1) is 0 Å². The van der Waals surface area contributed by atoms with Crippen LogP contribution in [0.3, 0.4) is 0 Å². The van der Waals surface area contributed by atoms with Gasteiger partial charge in [-0.05, 0) is 58.0 Å². The molecule has 0 bridgehead atoms. The van der Waals surface area contributed by atoms with Crippen LogP contribution in [0.25, 0.3) is 0 Å². The van der Waals surface area contributed by atoms with Crippen molar-refractivity contribution in [2.45, 2.75) is 155 Å². The lowest BCUT2D eigenvalue weighted by Crippen LogP contribution is -2.16. The first-order valence-electron chi connectivity index (χ1n) is 14.4. The van der Waals surface area contributed by atoms with Gasteiger partial charge in [0.25, 0.3) is 0 Å². The van der Waals surface area contributed by atoms with Crippen molar-refractivity contribution in [3.05, 3.63) is 24.3 Å². The summed E-state index contributed by atoms with van der Waals surface area (Å²) < 4.78 is 0. The van der Waals surface area contributed by atoms with Crippen molar-refractivity contribution in [1.29, 1.82) is 0 Å². The normalized spacial score (nSPS) is 11.9. The molecule has 0 unspecified atom stereocenters. The van der Waals surface area contributed by atoms with E-state index in [1.165, 1.54) is 148 Å². The van der Waals surface area contributed by atoms with Crippen molar-refractivity contribution in [2.75, 3.05) is 13.1 Å². The first-order valence-corrected chi connectivity index (χ1v) is 14.4. The Bertz CT molecular complexity index is 357. The Hall–Kier alpha value is -0.560. The van der Waals surface area contributed by atoms with E-state index in [9.17, 15) is 0 Å². The lowest BCUT2D eigenvalue weighted by atomic mass is 10.1. The van der Waals surface area contributed by atoms with Crippen LogP contribution < -0.4 is 5.32 Å². The van der Waals surface area contributed by atoms with Crippen molar-refractivity contribution in [3.63, 3.8) is 0 Å². The molecular weight excluding hydrogens is 374 g/mol. The second kappa shape index (κ2) is 29.4. The maximum atomic E-state index is 3.65. The molecular formula is C30H59N. The SMILES string of the molecule is CCCCCC=CCC=CCCCCCCCCNCCCCCCCCCCCC. The summed E-state index contributed by atoms with van der Waals surface area (Å²) >= 11 is 0. The molecule has 0 aromatic heterocycles. The van der Waals surface area contributed by atoms with Crippen LogP contribution in [-0.4, -0.2) is 13.1 Å². The van der Waals surface area contributed by atoms with Crippen LogP contribution in [0, 0.1) is 0 Å². The molecule has 0 saturated carbocycles. The van der Waals surface area contributed by atoms with Crippen molar-refractivity contribution >= 4 is 0 Å². The fraction of sp³-hybridized carbons (Fsp3) is 0.867. The summed E-state index contributed by atoms with van der Waals surface area (Å²) in [7, 11) is 0. The lowest BCUT2D eigenvalue weighted by Gasteiger charge is -2.05. The van der Waals surface area contributed by atoms with Gasteiger partial charge in [0.1, 0.15) is 0 Å². The molecule has 0 amide bonds. The maximum absolute atomic E-state index is 3.65. The number of unbranched alkanes of at least 4 members (excludes halogenated alkanes) is 18. The number of hydrogen-bond acceptors (Lipinski definition) is 1. The number of nitrogens with one attached hydrogen (secondary N) is 1. The Labute approximate surface area is 197 Å². The standard InChI is InChI=1S/C30H59N/c1-3-5-7-9-11-13-15-16-17-18-19-20-22-24-26-28-30-31-29-27-25-23-21-14-12-10-8-6-4-2/h11,13,16-17,31H,3-10,12,14-15,18-30H2,1-2H3. The highest BCUT2D eigenvalue weighted by Crippen LogP contribution is 2.10. The lowest BCUT2D eigenvalue weighted by molar-refractivity contribution is 0.530. The molecule has 31 heavy (non-hydrogen) atoms. The highest BCUT2D eigenvalue weighted by molar-refractivity contribution is 4.92. The van der Waals surface area contributed by atoms with Crippen LogP contribution in [0.4, 0.5) is 0 Å². The third-order valence-corrected chi connectivity index (χ3v) is 6.26. The van der Waals surface area contributed by atoms with E-state index in [1.807, 2.05) is 0 Å². The second-order valence-corrected chi connectivity index (χ2v) is 9.52. The van der Waals surface area contributed by atoms with Crippen LogP contribution in [-0.2, 0) is 0 Å². The van der Waals surface area contributed by atoms with Gasteiger partial charge >= 0.3 is 0 Å². The minimum atomic E-state index is 1.12. The molecule has 1 heteroatoms. The molecule has 1 nitrogen and oxygen atoms in total. The number of hydrogen-bond donors (Lipinski definition) is 1. The molecule has 0 rings (SSSR count). The van der Waals surface area contributed by atoms with Gasteiger partial charge in [0.15, 0.2) is 0 Å². The first kappa shape index (κ1) is 30.4. The fourth-order valence-corrected chi connectivity index (χ4v) is 4.10. The van der Waals surface area contributed by atoms with E-state index in [4.69, 9.17) is 0 Å². The van der Waals surface area contributed by atoms with Gasteiger partial charge in [-0.3, -0.25) is 0 Å². The average Bonchev–Trinajstić information content (AvgIpc) is 2.78. The van der Waals surface area contributed by atoms with Gasteiger partial charge in [-0.25, -0.2) is 0 Å². The third-order valence-electron chi connectivity index (χ3n) is 6.26. The van der Waals surface area contributed by atoms with E-state index in [-0.39, 0.29) is 0 Å². The zero-order chi connectivity index (χ0) is 22.5. The van der Waals surface area contributed by atoms with E-state index in [1.54, 1.807) is 0 Å². The van der Waals surface area contributed by atoms with E-state index in [2.05, 4.69) is 43.5 Å². The summed E-state index contributed by atoms with van der Waals surface area (Å²) in [5.41, 5.74) is 0. The summed E-state index contributed by atoms with van der Waals surface area (Å²) in [6, 6.07) is 0. The van der Waals surface area contributed by atoms with Crippen LogP contribution in [0.2, 0.25) is 0 Å². The molecule has 184 valence electrons. The van der Waals surface area contributed by atoms with Crippen LogP contribution >= 0.6 is 0 Å². The number of rotatable bonds is 26. The monoisotopic (exact) mass is 433 g/mol. The zero-order valence-electron chi connectivity index (χ0n) is 21.8. The maximum Gasteiger partial charge on any atom is -0.00489 e. The van der Waals surface area contributed by atoms with Crippen molar-refractivity contribution in [1.82, 2.24) is 5.32 Å². The summed E-state index contributed by atoms with van der Waals surface area (Å²) in [6.45, 7) is 7.03. The van der Waals surface area contributed by atoms with Gasteiger partial charge < -0.3 is 5.32 Å². The molecule has 0 spiro atoms. The zero-order valence-corrected chi connectivity index (χ0v) is 21.8. The minimum Gasteiger partial charge on any atom is -0.317 e. The van der Waals surface area contributed by atoms with Gasteiger partial charge in [0.2, 0.25) is 0 Å². The molecule has 0 saturated heterocycles. The Morgan fingerprint density at radius 3 is 1.23 bits per heavy atom. The van der Waals surface area contributed by atoms with E-state index in [0.29, 0.717) is 0 Å². The van der Waals surface area contributed by atoms with Crippen molar-refractivity contribution in [2.24, 2.45) is 0 Å². The molecule has 0 aliphatic heterocycles. The molecule has 0 heterocycles. The number of allylic oxidation sites excluding steroid dienone is 4. The van der Waals surface area contributed by atoms with Gasteiger partial charge in [-0.2, -0.15) is 0 Å². The first-order chi connectivity index (χ1) is 15.4. The highest BCUT2D eigenvalue weighted by atomic mass is 14.8. The molecule has 1 N–H and O–H groups in total. The topological polar surface area (TPSA) is 12.0 Å². The molecule has 0 aromatic carbocycles. The summed E-state index contributed by atoms with van der Waals surface area (Å²) in [6.07, 6.45) is 39.8. The summed E-state index contributed by atoms with van der Waals surface area (Å²) in [4.78, 5) is 0. The van der Waals surface area contributed by atoms with Crippen LogP contribution in [0.5, 0.6) is 0 Å². The molecule has 0 aliphatic carbocycles. The van der Waals surface area contributed by atoms with E-state index in [0.717, 1.165) is 6.42 Å². The van der Waals surface area contributed by atoms with Crippen LogP contribution in [0.1, 0.15) is 155 Å². The Morgan fingerprint density at radius 2 is 0.742 bits per heavy atom. The molecule has 0 fully saturated rings. The van der Waals surface area contributed by atoms with Crippen LogP contribution in [0.15, 0.2) is 24.3 Å². The van der Waals surface area contributed by atoms with Crippen molar-refractivity contribution in [3.8, 4) is 0 Å². The summed E-state index contributed by atoms with van der Waals surface area (Å²) in [5, 5.41) is 3.65. The van der Waals surface area contributed by atoms with Gasteiger partial charge in [0, 0.05) is 0 Å². The predicted molar refractivity (Wildman–Crippen MR) is 144 cm³/mol. The highest BCUT2D eigenvalue weighted by Gasteiger charge is 1.94. The van der Waals surface area contributed by atoms with Gasteiger partial charge in [0.05, 0.1) is 0 Å². The fourth-order valence-electron chi connectivity index (χ4n) is 4.10. The quantitative estimate of drug-likeness (QED) is 0.106. The second-order valence-electron chi connectivity index (χ2n) is 9.52. The molecule has 0 aliphatic rings. The van der Waals surface area contributed by atoms with E-state index < -0.39 is 0 Å². The summed E-state index contributed by atoms with van der Waals surface area (Å²) in [5.74, 6) is 0. The third kappa shape index (κ3) is 29.4. The van der Waals surface area contributed by atoms with Crippen molar-refractivity contribution < 1.29 is 0 Å². The molecule has 0 aromatic rings. The average molecular weight is 434 g/mol. The Balaban J connectivity index is 3.08. The molecule has 0 radical (unpaired) electrons. The largest absolute Gasteiger partial charge is 0.317 e.